The summed E-state index contributed by atoms with van der Waals surface area (Å²) < 4.78 is 137. The summed E-state index contributed by atoms with van der Waals surface area (Å²) in [4.78, 5) is 132. The molecule has 8 unspecified atom stereocenters. The molecule has 0 aromatic carbocycles. The number of hydrogen-bond acceptors (Lipinski definition) is 41. The van der Waals surface area contributed by atoms with Crippen LogP contribution in [0.25, 0.3) is 33.5 Å². The number of H-pyrrole nitrogens is 1. The van der Waals surface area contributed by atoms with E-state index in [1.807, 2.05) is 20.8 Å². The topological polar surface area (TPSA) is 615 Å². The van der Waals surface area contributed by atoms with Gasteiger partial charge in [-0.25, -0.2) is 49.0 Å². The van der Waals surface area contributed by atoms with Crippen molar-refractivity contribution in [2.24, 2.45) is 5.92 Å². The highest BCUT2D eigenvalue weighted by atomic mass is 32.7. The Morgan fingerprint density at radius 2 is 0.966 bits per heavy atom. The molecule has 636 valence electrons. The van der Waals surface area contributed by atoms with Gasteiger partial charge in [0.1, 0.15) is 113 Å². The molecule has 117 heavy (non-hydrogen) atoms. The van der Waals surface area contributed by atoms with E-state index >= 15 is 4.57 Å². The fourth-order valence-corrected chi connectivity index (χ4v) is 22.9. The number of nitrogen functional groups attached to an aromatic ring is 5. The molecule has 0 spiro atoms. The Morgan fingerprint density at radius 3 is 1.50 bits per heavy atom. The van der Waals surface area contributed by atoms with Crippen molar-refractivity contribution in [2.75, 3.05) is 62.2 Å². The zero-order valence-electron chi connectivity index (χ0n) is 62.6. The number of ether oxygens (including phenoxy) is 8. The number of aryl methyl sites for hydroxylation is 2. The first-order valence-corrected chi connectivity index (χ1v) is 49.0. The van der Waals surface area contributed by atoms with E-state index in [1.54, 1.807) is 32.3 Å². The van der Waals surface area contributed by atoms with Gasteiger partial charge in [0.05, 0.1) is 75.9 Å². The maximum absolute atomic E-state index is 15.6. The summed E-state index contributed by atoms with van der Waals surface area (Å²) >= 11 is 27.1. The van der Waals surface area contributed by atoms with Crippen LogP contribution in [0, 0.1) is 19.8 Å². The van der Waals surface area contributed by atoms with Crippen LogP contribution in [0.4, 0.5) is 29.2 Å². The number of imidazole rings is 3. The molecule has 6 bridgehead atoms. The molecular formula is C60H80N21O26P5S5. The fraction of sp³-hybridized carbons (Fsp3) is 0.617. The maximum atomic E-state index is 15.6. The molecule has 8 aliphatic heterocycles. The number of aromatic amines is 1. The van der Waals surface area contributed by atoms with Gasteiger partial charge >= 0.3 is 45.1 Å². The molecule has 0 amide bonds. The molecule has 8 aromatic rings. The highest BCUT2D eigenvalue weighted by Crippen LogP contribution is 2.66. The van der Waals surface area contributed by atoms with Gasteiger partial charge in [0.25, 0.3) is 5.56 Å². The molecule has 0 aliphatic carbocycles. The largest absolute Gasteiger partial charge is 0.386 e. The number of thiol groups is 1. The molecule has 0 radical (unpaired) electrons. The van der Waals surface area contributed by atoms with Crippen LogP contribution < -0.4 is 45.6 Å². The Kier molecular flexibility index (Phi) is 22.8. The van der Waals surface area contributed by atoms with Crippen molar-refractivity contribution in [3.05, 3.63) is 86.5 Å². The van der Waals surface area contributed by atoms with Crippen molar-refractivity contribution in [1.29, 1.82) is 0 Å². The Bertz CT molecular complexity index is 5690. The summed E-state index contributed by atoms with van der Waals surface area (Å²) in [6.45, 7) is -13.5. The summed E-state index contributed by atoms with van der Waals surface area (Å²) in [5, 5.41) is 0. The second-order valence-electron chi connectivity index (χ2n) is 29.4. The summed E-state index contributed by atoms with van der Waals surface area (Å²) in [7, 11) is 1.14. The third-order valence-corrected chi connectivity index (χ3v) is 29.6. The van der Waals surface area contributed by atoms with Gasteiger partial charge in [-0.1, -0.05) is 26.1 Å². The SMILES string of the molecule is COP(O)(=S)O[C@@H]1C[C@H](n2cnc3c(=O)[nH]c(N)nc32)O[C@@H]1COP(O)(=S)O[C@@H]1C[C@H](n2cc(C)c(N)nc2=O)O[C@@H]1COP(O)(=S)O[C@@H]1C2O[C@@H](C)[C@]1(COP(=O)(S)O[C@@H]1C3O[C@@H](C)[C@]1(COP(O)(=S)O[C@@H]1C4O[C@@H](C)[C@]1(CC(C)C)O[C@H]4n1cnc4c(N)ncnc41)O[C@H]3n1cc(C)c(N)nc1=O)O[C@H]2n1cnc2c(N)ncnc21. The van der Waals surface area contributed by atoms with E-state index in [0.29, 0.717) is 28.7 Å². The second-order valence-corrected chi connectivity index (χ2v) is 43.6. The van der Waals surface area contributed by atoms with Crippen LogP contribution >= 0.6 is 45.9 Å². The van der Waals surface area contributed by atoms with E-state index in [0.717, 1.165) is 16.2 Å². The van der Waals surface area contributed by atoms with Crippen molar-refractivity contribution in [3.63, 3.8) is 0 Å². The molecular weight excluding hydrogens is 1750 g/mol. The number of nitrogens with one attached hydrogen (secondary N) is 1. The van der Waals surface area contributed by atoms with Crippen molar-refractivity contribution in [2.45, 2.75) is 195 Å². The summed E-state index contributed by atoms with van der Waals surface area (Å²) in [6.07, 6.45) is -12.4. The highest BCUT2D eigenvalue weighted by molar-refractivity contribution is 8.44. The highest BCUT2D eigenvalue weighted by Gasteiger charge is 2.72. The van der Waals surface area contributed by atoms with E-state index in [1.165, 1.54) is 53.2 Å². The van der Waals surface area contributed by atoms with Crippen molar-refractivity contribution in [1.82, 2.24) is 77.7 Å². The number of anilines is 5. The van der Waals surface area contributed by atoms with E-state index in [4.69, 9.17) is 159 Å². The number of rotatable bonds is 30. The lowest BCUT2D eigenvalue weighted by Gasteiger charge is -2.39. The lowest BCUT2D eigenvalue weighted by molar-refractivity contribution is -0.217. The maximum Gasteiger partial charge on any atom is 0.386 e. The van der Waals surface area contributed by atoms with Gasteiger partial charge in [0.15, 0.2) is 52.8 Å². The first-order valence-electron chi connectivity index (χ1n) is 35.9. The van der Waals surface area contributed by atoms with E-state index in [2.05, 4.69) is 67.1 Å². The molecule has 16 rings (SSSR count). The number of nitrogens with zero attached hydrogens (tertiary/aromatic N) is 15. The van der Waals surface area contributed by atoms with Gasteiger partial charge in [-0.3, -0.25) is 50.7 Å². The molecule has 8 aliphatic rings. The van der Waals surface area contributed by atoms with Crippen LogP contribution in [0.3, 0.4) is 0 Å². The van der Waals surface area contributed by atoms with E-state index in [9.17, 15) is 34.0 Å². The molecule has 0 saturated carbocycles. The van der Waals surface area contributed by atoms with E-state index < -0.39 is 204 Å². The van der Waals surface area contributed by atoms with Crippen LogP contribution in [0.5, 0.6) is 0 Å². The summed E-state index contributed by atoms with van der Waals surface area (Å²) in [5.41, 5.74) is 24.5. The van der Waals surface area contributed by atoms with Crippen molar-refractivity contribution < 1.29 is 107 Å². The minimum absolute atomic E-state index is 0.00150. The molecule has 15 N–H and O–H groups in total. The second kappa shape index (κ2) is 31.4. The van der Waals surface area contributed by atoms with E-state index in [-0.39, 0.29) is 70.3 Å². The molecule has 26 atom stereocenters. The Labute approximate surface area is 686 Å². The predicted octanol–water partition coefficient (Wildman–Crippen LogP) is 2.17. The number of fused-ring (bicyclic) bond motifs is 9. The van der Waals surface area contributed by atoms with Gasteiger partial charge in [0, 0.05) is 43.5 Å². The summed E-state index contributed by atoms with van der Waals surface area (Å²) in [5.74, 6) is -0.267. The van der Waals surface area contributed by atoms with Crippen LogP contribution in [-0.2, 0) is 135 Å². The monoisotopic (exact) mass is 1830 g/mol. The molecule has 16 heterocycles. The van der Waals surface area contributed by atoms with Gasteiger partial charge in [-0.15, -0.1) is 0 Å². The number of hydrogen-bond donors (Lipinski definition) is 11. The summed E-state index contributed by atoms with van der Waals surface area (Å²) in [6, 6.07) is 0. The van der Waals surface area contributed by atoms with Crippen LogP contribution in [-0.4, -0.2) is 227 Å². The lowest BCUT2D eigenvalue weighted by atomic mass is 9.85. The van der Waals surface area contributed by atoms with Crippen LogP contribution in [0.1, 0.15) is 96.1 Å². The Morgan fingerprint density at radius 1 is 0.538 bits per heavy atom. The number of aromatic nitrogens is 16. The average molecular weight is 1830 g/mol. The van der Waals surface area contributed by atoms with Gasteiger partial charge < -0.3 is 113 Å². The van der Waals surface area contributed by atoms with Crippen molar-refractivity contribution >= 4 is 156 Å². The van der Waals surface area contributed by atoms with Crippen LogP contribution in [0.2, 0.25) is 0 Å². The molecule has 8 aromatic heterocycles. The normalized spacial score (nSPS) is 34.5. The smallest absolute Gasteiger partial charge is 0.383 e. The first kappa shape index (κ1) is 85.1. The first-order chi connectivity index (χ1) is 55.1. The third kappa shape index (κ3) is 15.7. The van der Waals surface area contributed by atoms with Gasteiger partial charge in [-0.2, -0.15) is 15.0 Å². The van der Waals surface area contributed by atoms with Crippen LogP contribution in [0.15, 0.2) is 58.4 Å². The van der Waals surface area contributed by atoms with Gasteiger partial charge in [-0.05, 0) is 94.2 Å². The number of nitrogens with two attached hydrogens (primary N) is 5. The fourth-order valence-electron chi connectivity index (χ4n) is 16.1. The molecule has 57 heteroatoms. The Hall–Kier alpha value is -5.49. The Balaban J connectivity index is 0.660. The predicted molar refractivity (Wildman–Crippen MR) is 423 cm³/mol. The minimum Gasteiger partial charge on any atom is -0.383 e. The zero-order valence-corrected chi connectivity index (χ0v) is 71.3. The standard InChI is InChI=1S/C60H80N21O26P5S5/c1-23(2)11-58-26(5)95-38(53(100-58)80-21-70-35-46(63)66-18-68-48(35)80)41(58)105-111(88,116)93-16-59-27(6)96-39(52(101-59)78-13-25(4)45(62)74-57(78)84)42(59)107-112(89,117)94-17-60-28(7)97-40(54(102-60)81-22-71-36-47(64)67-19-69-49(36)81)43(60)106-110(87,115)92-15-32-30(9-33(98-32)77-12-24(3)44(61)73-56(77)83)104-109(86,114)91-14-31-29(103-108(85,113)90-8)10-34(99-31)79-20-72-37-50(79)75-55(65)76-51(37)82/h12-13,18-23,26-34,38-43,52-54H,9-11,14-17H2,1-8H3,(H,85,113)(H,86,114)(H,87,115)(H,88,116)(H,89,117)(H2,61,73,83)(H2,62,74,84)(H2,63,66,68)(H2,64,67,69)(H3,65,75,76,82)/t26-,27-,28-,29+,30+,31+,32+,33+,34+,38?,39?,40?,41+,42+,43+,52+,53+,54+,58-,59-,60-,108?,109?,110?,111?,112?/m0/s1. The lowest BCUT2D eigenvalue weighted by Crippen LogP contribution is -2.51. The average Bonchev–Trinajstić information content (AvgIpc) is 1.55. The zero-order chi connectivity index (χ0) is 83.5. The van der Waals surface area contributed by atoms with Gasteiger partial charge in [0.2, 0.25) is 5.95 Å². The molecule has 8 fully saturated rings. The minimum atomic E-state index is -4.96. The third-order valence-electron chi connectivity index (χ3n) is 21.7. The molecule has 47 nitrogen and oxygen atoms in total. The quantitative estimate of drug-likeness (QED) is 0.0227. The van der Waals surface area contributed by atoms with Crippen molar-refractivity contribution in [3.8, 4) is 0 Å². The molecule has 8 saturated heterocycles.